The quantitative estimate of drug-likeness (QED) is 0.624. The van der Waals surface area contributed by atoms with Crippen LogP contribution in [0.15, 0.2) is 29.4 Å². The predicted octanol–water partition coefficient (Wildman–Crippen LogP) is 0.993. The third kappa shape index (κ3) is 3.12. The zero-order valence-electron chi connectivity index (χ0n) is 12.1. The van der Waals surface area contributed by atoms with E-state index in [1.165, 1.54) is 25.4 Å². The number of nitro benzene ring substituents is 1. The van der Waals surface area contributed by atoms with Gasteiger partial charge in [0.25, 0.3) is 5.69 Å². The lowest BCUT2D eigenvalue weighted by molar-refractivity contribution is -0.387. The summed E-state index contributed by atoms with van der Waals surface area (Å²) in [5.74, 6) is 0.433. The summed E-state index contributed by atoms with van der Waals surface area (Å²) in [5, 5.41) is 18.6. The first-order chi connectivity index (χ1) is 10.4. The zero-order valence-corrected chi connectivity index (χ0v) is 12.9. The molecule has 0 radical (unpaired) electrons. The Labute approximate surface area is 127 Å². The smallest absolute Gasteiger partial charge is 0.289 e. The number of nitrogens with one attached hydrogen (secondary N) is 1. The monoisotopic (exact) mass is 325 g/mol. The molecule has 0 aliphatic rings. The van der Waals surface area contributed by atoms with Crippen molar-refractivity contribution in [3.05, 3.63) is 46.0 Å². The Morgan fingerprint density at radius 2 is 2.14 bits per heavy atom. The molecule has 9 nitrogen and oxygen atoms in total. The Balaban J connectivity index is 2.34. The molecule has 0 atom stereocenters. The van der Waals surface area contributed by atoms with Crippen LogP contribution in [0.2, 0.25) is 0 Å². The summed E-state index contributed by atoms with van der Waals surface area (Å²) in [6.07, 6.45) is 1.49. The third-order valence-corrected chi connectivity index (χ3v) is 4.71. The van der Waals surface area contributed by atoms with Gasteiger partial charge in [0.05, 0.1) is 11.5 Å². The Bertz CT molecular complexity index is 800. The number of hydrogen-bond acceptors (Lipinski definition) is 6. The van der Waals surface area contributed by atoms with E-state index in [0.29, 0.717) is 17.9 Å². The van der Waals surface area contributed by atoms with E-state index in [2.05, 4.69) is 14.9 Å². The zero-order chi connectivity index (χ0) is 16.3. The molecule has 1 heterocycles. The van der Waals surface area contributed by atoms with Crippen LogP contribution in [0.25, 0.3) is 0 Å². The summed E-state index contributed by atoms with van der Waals surface area (Å²) >= 11 is 0. The maximum Gasteiger partial charge on any atom is 0.289 e. The van der Waals surface area contributed by atoms with Gasteiger partial charge in [-0.05, 0) is 19.4 Å². The molecular formula is C12H15N5O4S. The van der Waals surface area contributed by atoms with Gasteiger partial charge in [0.15, 0.2) is 4.90 Å². The Morgan fingerprint density at radius 1 is 1.41 bits per heavy atom. The van der Waals surface area contributed by atoms with Gasteiger partial charge in [0, 0.05) is 12.6 Å². The number of nitro groups is 1. The van der Waals surface area contributed by atoms with Gasteiger partial charge in [-0.15, -0.1) is 10.2 Å². The van der Waals surface area contributed by atoms with E-state index in [4.69, 9.17) is 0 Å². The highest BCUT2D eigenvalue weighted by Crippen LogP contribution is 2.26. The van der Waals surface area contributed by atoms with E-state index in [1.807, 2.05) is 6.92 Å². The van der Waals surface area contributed by atoms with Crippen LogP contribution in [-0.4, -0.2) is 28.1 Å². The molecule has 0 saturated carbocycles. The topological polar surface area (TPSA) is 120 Å². The standard InChI is InChI=1S/C12H15N5O4S/c1-3-16-8-13-15-11(16)7-14-22(20,21)12-9(2)5-4-6-10(12)17(18)19/h4-6,8,14H,3,7H2,1-2H3. The summed E-state index contributed by atoms with van der Waals surface area (Å²) in [5.41, 5.74) is -0.150. The van der Waals surface area contributed by atoms with Crippen LogP contribution < -0.4 is 4.72 Å². The molecule has 118 valence electrons. The number of aryl methyl sites for hydroxylation is 2. The number of nitrogens with zero attached hydrogens (tertiary/aromatic N) is 4. The Kier molecular flexibility index (Phi) is 4.52. The molecule has 0 fully saturated rings. The van der Waals surface area contributed by atoms with Crippen molar-refractivity contribution in [2.45, 2.75) is 31.8 Å². The van der Waals surface area contributed by atoms with E-state index < -0.39 is 20.6 Å². The van der Waals surface area contributed by atoms with E-state index in [9.17, 15) is 18.5 Å². The molecule has 1 aromatic heterocycles. The van der Waals surface area contributed by atoms with Crippen molar-refractivity contribution in [3.8, 4) is 0 Å². The lowest BCUT2D eigenvalue weighted by atomic mass is 10.2. The first kappa shape index (κ1) is 16.0. The summed E-state index contributed by atoms with van der Waals surface area (Å²) in [4.78, 5) is 10.00. The number of benzene rings is 1. The van der Waals surface area contributed by atoms with Gasteiger partial charge in [0.2, 0.25) is 10.0 Å². The van der Waals surface area contributed by atoms with Crippen LogP contribution in [-0.2, 0) is 23.1 Å². The van der Waals surface area contributed by atoms with Crippen LogP contribution in [0.1, 0.15) is 18.3 Å². The highest BCUT2D eigenvalue weighted by Gasteiger charge is 2.27. The fraction of sp³-hybridized carbons (Fsp3) is 0.333. The fourth-order valence-electron chi connectivity index (χ4n) is 2.04. The van der Waals surface area contributed by atoms with E-state index in [1.54, 1.807) is 4.57 Å². The average molecular weight is 325 g/mol. The third-order valence-electron chi connectivity index (χ3n) is 3.11. The van der Waals surface area contributed by atoms with E-state index in [0.717, 1.165) is 6.07 Å². The minimum absolute atomic E-state index is 0.0956. The van der Waals surface area contributed by atoms with Gasteiger partial charge in [-0.3, -0.25) is 10.1 Å². The summed E-state index contributed by atoms with van der Waals surface area (Å²) in [6, 6.07) is 4.12. The molecule has 1 N–H and O–H groups in total. The SMILES string of the molecule is CCn1cnnc1CNS(=O)(=O)c1c(C)cccc1[N+](=O)[O-]. The van der Waals surface area contributed by atoms with Crippen LogP contribution in [0.5, 0.6) is 0 Å². The molecule has 22 heavy (non-hydrogen) atoms. The first-order valence-electron chi connectivity index (χ1n) is 6.47. The minimum atomic E-state index is -4.04. The van der Waals surface area contributed by atoms with E-state index >= 15 is 0 Å². The lowest BCUT2D eigenvalue weighted by Crippen LogP contribution is -2.26. The Hall–Kier alpha value is -2.33. The van der Waals surface area contributed by atoms with Gasteiger partial charge < -0.3 is 4.57 Å². The second-order valence-electron chi connectivity index (χ2n) is 4.54. The molecule has 0 spiro atoms. The second kappa shape index (κ2) is 6.20. The maximum absolute atomic E-state index is 12.4. The van der Waals surface area contributed by atoms with Crippen molar-refractivity contribution in [2.75, 3.05) is 0 Å². The van der Waals surface area contributed by atoms with Crippen LogP contribution >= 0.6 is 0 Å². The Morgan fingerprint density at radius 3 is 2.77 bits per heavy atom. The summed E-state index contributed by atoms with van der Waals surface area (Å²) < 4.78 is 28.8. The fourth-order valence-corrected chi connectivity index (χ4v) is 3.42. The van der Waals surface area contributed by atoms with Crippen molar-refractivity contribution in [1.82, 2.24) is 19.5 Å². The van der Waals surface area contributed by atoms with Crippen LogP contribution in [0, 0.1) is 17.0 Å². The molecule has 2 aromatic rings. The number of sulfonamides is 1. The van der Waals surface area contributed by atoms with Gasteiger partial charge in [-0.25, -0.2) is 13.1 Å². The molecule has 2 rings (SSSR count). The van der Waals surface area contributed by atoms with Crippen LogP contribution in [0.4, 0.5) is 5.69 Å². The summed E-state index contributed by atoms with van der Waals surface area (Å²) in [7, 11) is -4.04. The van der Waals surface area contributed by atoms with Crippen molar-refractivity contribution in [3.63, 3.8) is 0 Å². The van der Waals surface area contributed by atoms with Crippen molar-refractivity contribution < 1.29 is 13.3 Å². The van der Waals surface area contributed by atoms with Crippen molar-refractivity contribution in [1.29, 1.82) is 0 Å². The van der Waals surface area contributed by atoms with Crippen molar-refractivity contribution >= 4 is 15.7 Å². The highest BCUT2D eigenvalue weighted by atomic mass is 32.2. The maximum atomic E-state index is 12.4. The first-order valence-corrected chi connectivity index (χ1v) is 7.95. The highest BCUT2D eigenvalue weighted by molar-refractivity contribution is 7.89. The molecule has 0 bridgehead atoms. The van der Waals surface area contributed by atoms with Crippen molar-refractivity contribution in [2.24, 2.45) is 0 Å². The summed E-state index contributed by atoms with van der Waals surface area (Å²) in [6.45, 7) is 3.87. The second-order valence-corrected chi connectivity index (χ2v) is 6.24. The van der Waals surface area contributed by atoms with Gasteiger partial charge in [-0.2, -0.15) is 0 Å². The largest absolute Gasteiger partial charge is 0.317 e. The number of hydrogen-bond donors (Lipinski definition) is 1. The molecule has 0 amide bonds. The van der Waals surface area contributed by atoms with Gasteiger partial charge in [-0.1, -0.05) is 12.1 Å². The molecule has 0 unspecified atom stereocenters. The van der Waals surface area contributed by atoms with Gasteiger partial charge in [0.1, 0.15) is 12.2 Å². The normalized spacial score (nSPS) is 11.5. The molecule has 0 saturated heterocycles. The molecule has 10 heteroatoms. The molecular weight excluding hydrogens is 310 g/mol. The van der Waals surface area contributed by atoms with Gasteiger partial charge >= 0.3 is 0 Å². The number of aromatic nitrogens is 3. The molecule has 0 aliphatic carbocycles. The minimum Gasteiger partial charge on any atom is -0.317 e. The predicted molar refractivity (Wildman–Crippen MR) is 77.6 cm³/mol. The van der Waals surface area contributed by atoms with E-state index in [-0.39, 0.29) is 11.4 Å². The lowest BCUT2D eigenvalue weighted by Gasteiger charge is -2.09. The van der Waals surface area contributed by atoms with Crippen LogP contribution in [0.3, 0.4) is 0 Å². The molecule has 0 aliphatic heterocycles. The average Bonchev–Trinajstić information content (AvgIpc) is 2.92. The molecule has 1 aromatic carbocycles. The number of rotatable bonds is 6.